The molecule has 1 amide bonds. The number of Topliss-reactive ketones (excluding diaryl/α,β-unsaturated/α-hetero) is 2. The first kappa shape index (κ1) is 19.5. The van der Waals surface area contributed by atoms with Crippen LogP contribution in [0.3, 0.4) is 0 Å². The van der Waals surface area contributed by atoms with Crippen LogP contribution in [0.25, 0.3) is 0 Å². The van der Waals surface area contributed by atoms with Gasteiger partial charge in [-0.2, -0.15) is 5.26 Å². The van der Waals surface area contributed by atoms with Gasteiger partial charge < -0.3 is 5.32 Å². The molecule has 0 aliphatic carbocycles. The Labute approximate surface area is 159 Å². The van der Waals surface area contributed by atoms with Crippen molar-refractivity contribution in [3.05, 3.63) is 58.7 Å². The van der Waals surface area contributed by atoms with Gasteiger partial charge in [0.1, 0.15) is 5.82 Å². The van der Waals surface area contributed by atoms with Crippen LogP contribution in [0.2, 0.25) is 0 Å². The van der Waals surface area contributed by atoms with Gasteiger partial charge in [0, 0.05) is 28.6 Å². The molecule has 1 N–H and O–H groups in total. The number of hydrogen-bond donors (Lipinski definition) is 1. The monoisotopic (exact) mass is 413 g/mol. The van der Waals surface area contributed by atoms with Gasteiger partial charge >= 0.3 is 0 Å². The molecule has 2 rings (SSSR count). The first-order valence-electron chi connectivity index (χ1n) is 7.86. The van der Waals surface area contributed by atoms with Crippen molar-refractivity contribution in [2.75, 3.05) is 5.32 Å². The van der Waals surface area contributed by atoms with Gasteiger partial charge in [0.15, 0.2) is 17.5 Å². The largest absolute Gasteiger partial charge is 0.309 e. The lowest BCUT2D eigenvalue weighted by Crippen LogP contribution is -2.33. The number of hydrogen-bond acceptors (Lipinski definition) is 5. The quantitative estimate of drug-likeness (QED) is 0.553. The number of nitrogens with one attached hydrogen (secondary N) is 1. The lowest BCUT2D eigenvalue weighted by atomic mass is 9.89. The number of ketones is 2. The van der Waals surface area contributed by atoms with Crippen LogP contribution >= 0.6 is 15.9 Å². The zero-order valence-electron chi connectivity index (χ0n) is 14.0. The number of anilines is 1. The maximum Gasteiger partial charge on any atom is 0.250 e. The minimum atomic E-state index is -1.50. The Hall–Kier alpha value is -2.85. The molecule has 0 aliphatic heterocycles. The molecule has 7 heteroatoms. The molecular weight excluding hydrogens is 398 g/mol. The third kappa shape index (κ3) is 5.07. The number of amides is 1. The van der Waals surface area contributed by atoms with Gasteiger partial charge in [0.25, 0.3) is 5.91 Å². The third-order valence-corrected chi connectivity index (χ3v) is 4.21. The zero-order chi connectivity index (χ0) is 19.1. The Kier molecular flexibility index (Phi) is 6.75. The average molecular weight is 414 g/mol. The van der Waals surface area contributed by atoms with Crippen molar-refractivity contribution >= 4 is 39.2 Å². The van der Waals surface area contributed by atoms with Crippen LogP contribution in [0.1, 0.15) is 23.7 Å². The molecular formula is C19H16BrN3O3. The van der Waals surface area contributed by atoms with E-state index in [1.165, 1.54) is 13.1 Å². The van der Waals surface area contributed by atoms with Crippen LogP contribution in [0.15, 0.2) is 53.1 Å². The van der Waals surface area contributed by atoms with Crippen molar-refractivity contribution < 1.29 is 14.4 Å². The summed E-state index contributed by atoms with van der Waals surface area (Å²) < 4.78 is 0.756. The van der Waals surface area contributed by atoms with Gasteiger partial charge in [-0.3, -0.25) is 14.4 Å². The summed E-state index contributed by atoms with van der Waals surface area (Å²) in [6.07, 6.45) is 1.41. The van der Waals surface area contributed by atoms with E-state index in [1.54, 1.807) is 48.5 Å². The molecule has 2 atom stereocenters. The van der Waals surface area contributed by atoms with Crippen molar-refractivity contribution in [2.45, 2.75) is 13.3 Å². The van der Waals surface area contributed by atoms with Crippen LogP contribution < -0.4 is 5.32 Å². The van der Waals surface area contributed by atoms with Gasteiger partial charge in [-0.15, -0.1) is 0 Å². The van der Waals surface area contributed by atoms with Gasteiger partial charge in [-0.1, -0.05) is 41.1 Å². The second-order valence-corrected chi connectivity index (χ2v) is 6.62. The van der Waals surface area contributed by atoms with Crippen LogP contribution in [0, 0.1) is 23.2 Å². The molecule has 1 aromatic heterocycles. The van der Waals surface area contributed by atoms with Crippen LogP contribution in [-0.2, 0) is 9.59 Å². The van der Waals surface area contributed by atoms with Crippen molar-refractivity contribution in [1.82, 2.24) is 4.98 Å². The normalized spacial score (nSPS) is 12.5. The minimum absolute atomic E-state index is 0.0790. The van der Waals surface area contributed by atoms with Gasteiger partial charge in [-0.05, 0) is 24.3 Å². The Balaban J connectivity index is 2.03. The number of benzene rings is 1. The minimum Gasteiger partial charge on any atom is -0.309 e. The van der Waals surface area contributed by atoms with E-state index in [4.69, 9.17) is 0 Å². The summed E-state index contributed by atoms with van der Waals surface area (Å²) >= 11 is 3.29. The molecule has 0 fully saturated rings. The highest BCUT2D eigenvalue weighted by atomic mass is 79.9. The summed E-state index contributed by atoms with van der Waals surface area (Å²) in [5, 5.41) is 11.7. The summed E-state index contributed by atoms with van der Waals surface area (Å²) in [7, 11) is 0. The zero-order valence-corrected chi connectivity index (χ0v) is 15.6. The van der Waals surface area contributed by atoms with Gasteiger partial charge in [0.05, 0.1) is 6.07 Å². The standard InChI is InChI=1S/C19H16BrN3O3/c1-12(9-16(24)13-5-4-6-14(20)10-13)18(25)15(11-21)19(26)23-17-7-2-3-8-22-17/h2-8,10,12,15H,9H2,1H3,(H,22,23,26). The number of carbonyl (C=O) groups is 3. The van der Waals surface area contributed by atoms with E-state index in [9.17, 15) is 19.6 Å². The van der Waals surface area contributed by atoms with E-state index in [2.05, 4.69) is 26.2 Å². The summed E-state index contributed by atoms with van der Waals surface area (Å²) in [6.45, 7) is 1.54. The molecule has 26 heavy (non-hydrogen) atoms. The number of aromatic nitrogens is 1. The van der Waals surface area contributed by atoms with E-state index in [-0.39, 0.29) is 18.0 Å². The number of pyridine rings is 1. The van der Waals surface area contributed by atoms with E-state index >= 15 is 0 Å². The molecule has 0 saturated heterocycles. The predicted molar refractivity (Wildman–Crippen MR) is 99.2 cm³/mol. The van der Waals surface area contributed by atoms with Gasteiger partial charge in [-0.25, -0.2) is 4.98 Å². The van der Waals surface area contributed by atoms with Crippen molar-refractivity contribution in [3.63, 3.8) is 0 Å². The second kappa shape index (κ2) is 9.02. The molecule has 132 valence electrons. The highest BCUT2D eigenvalue weighted by Gasteiger charge is 2.31. The lowest BCUT2D eigenvalue weighted by Gasteiger charge is -2.14. The molecule has 1 heterocycles. The molecule has 1 aromatic carbocycles. The summed E-state index contributed by atoms with van der Waals surface area (Å²) in [6, 6.07) is 13.4. The van der Waals surface area contributed by atoms with Crippen molar-refractivity contribution in [2.24, 2.45) is 11.8 Å². The van der Waals surface area contributed by atoms with Crippen LogP contribution in [0.4, 0.5) is 5.82 Å². The Morgan fingerprint density at radius 3 is 2.62 bits per heavy atom. The Bertz CT molecular complexity index is 862. The second-order valence-electron chi connectivity index (χ2n) is 5.71. The predicted octanol–water partition coefficient (Wildman–Crippen LogP) is 3.40. The van der Waals surface area contributed by atoms with Gasteiger partial charge in [0.2, 0.25) is 0 Å². The lowest BCUT2D eigenvalue weighted by molar-refractivity contribution is -0.131. The van der Waals surface area contributed by atoms with Crippen molar-refractivity contribution in [1.29, 1.82) is 5.26 Å². The molecule has 0 saturated carbocycles. The average Bonchev–Trinajstić information content (AvgIpc) is 2.63. The van der Waals surface area contributed by atoms with E-state index in [1.807, 2.05) is 0 Å². The summed E-state index contributed by atoms with van der Waals surface area (Å²) in [5.41, 5.74) is 0.463. The molecule has 0 aliphatic rings. The van der Waals surface area contributed by atoms with Crippen LogP contribution in [-0.4, -0.2) is 22.5 Å². The highest BCUT2D eigenvalue weighted by molar-refractivity contribution is 9.10. The maximum atomic E-state index is 12.5. The fraction of sp³-hybridized carbons (Fsp3) is 0.211. The number of nitriles is 1. The topological polar surface area (TPSA) is 99.9 Å². The summed E-state index contributed by atoms with van der Waals surface area (Å²) in [4.78, 5) is 40.9. The first-order valence-corrected chi connectivity index (χ1v) is 8.65. The first-order chi connectivity index (χ1) is 12.4. The molecule has 0 bridgehead atoms. The molecule has 0 spiro atoms. The molecule has 0 radical (unpaired) electrons. The SMILES string of the molecule is CC(CC(=O)c1cccc(Br)c1)C(=O)C(C#N)C(=O)Nc1ccccn1. The Morgan fingerprint density at radius 1 is 1.23 bits per heavy atom. The Morgan fingerprint density at radius 2 is 2.00 bits per heavy atom. The fourth-order valence-electron chi connectivity index (χ4n) is 2.33. The smallest absolute Gasteiger partial charge is 0.250 e. The third-order valence-electron chi connectivity index (χ3n) is 3.72. The van der Waals surface area contributed by atoms with Crippen molar-refractivity contribution in [3.8, 4) is 6.07 Å². The van der Waals surface area contributed by atoms with E-state index in [0.717, 1.165) is 4.47 Å². The van der Waals surface area contributed by atoms with E-state index < -0.39 is 23.5 Å². The number of rotatable bonds is 7. The molecule has 2 aromatic rings. The molecule has 6 nitrogen and oxygen atoms in total. The maximum absolute atomic E-state index is 12.5. The number of carbonyl (C=O) groups excluding carboxylic acids is 3. The summed E-state index contributed by atoms with van der Waals surface area (Å²) in [5.74, 6) is -3.58. The molecule has 2 unspecified atom stereocenters. The number of halogens is 1. The fourth-order valence-corrected chi connectivity index (χ4v) is 2.73. The number of nitrogens with zero attached hydrogens (tertiary/aromatic N) is 2. The van der Waals surface area contributed by atoms with Crippen LogP contribution in [0.5, 0.6) is 0 Å². The highest BCUT2D eigenvalue weighted by Crippen LogP contribution is 2.18. The van der Waals surface area contributed by atoms with E-state index in [0.29, 0.717) is 5.56 Å².